The number of likely N-dealkylation sites (N-methyl/N-ethyl adjacent to an activating group) is 1. The Morgan fingerprint density at radius 3 is 2.29 bits per heavy atom. The number of benzene rings is 2. The molecule has 1 heterocycles. The van der Waals surface area contributed by atoms with E-state index in [1.165, 1.54) is 24.3 Å². The minimum atomic E-state index is -1.08. The standard InChI is InChI=1S/C23H23F3N4O/c1-14-13-16(24)8-9-17(14)21-15(11-12-29(2)3)7-10-20(28-21)30(23(27)31)22-18(25)5-4-6-19(22)26/h4-10,13H,11-12H2,1-3H3,(H2,27,31). The van der Waals surface area contributed by atoms with Crippen LogP contribution < -0.4 is 10.6 Å². The molecular weight excluding hydrogens is 405 g/mol. The second-order valence-corrected chi connectivity index (χ2v) is 7.43. The largest absolute Gasteiger partial charge is 0.351 e. The van der Waals surface area contributed by atoms with Gasteiger partial charge in [0.25, 0.3) is 0 Å². The zero-order valence-corrected chi connectivity index (χ0v) is 17.5. The number of halogens is 3. The normalized spacial score (nSPS) is 11.1. The number of hydrogen-bond acceptors (Lipinski definition) is 3. The molecule has 0 radical (unpaired) electrons. The third-order valence-corrected chi connectivity index (χ3v) is 4.85. The number of carbonyl (C=O) groups excluding carboxylic acids is 1. The lowest BCUT2D eigenvalue weighted by Gasteiger charge is -2.23. The van der Waals surface area contributed by atoms with Gasteiger partial charge in [-0.25, -0.2) is 27.8 Å². The van der Waals surface area contributed by atoms with Crippen LogP contribution in [0.4, 0.5) is 29.5 Å². The maximum atomic E-state index is 14.4. The monoisotopic (exact) mass is 428 g/mol. The molecule has 0 fully saturated rings. The summed E-state index contributed by atoms with van der Waals surface area (Å²) in [5, 5.41) is 0. The topological polar surface area (TPSA) is 62.5 Å². The van der Waals surface area contributed by atoms with E-state index in [1.54, 1.807) is 19.1 Å². The summed E-state index contributed by atoms with van der Waals surface area (Å²) in [7, 11) is 3.86. The van der Waals surface area contributed by atoms with E-state index >= 15 is 0 Å². The number of primary amides is 1. The van der Waals surface area contributed by atoms with E-state index < -0.39 is 23.4 Å². The van der Waals surface area contributed by atoms with Crippen molar-refractivity contribution >= 4 is 17.5 Å². The van der Waals surface area contributed by atoms with E-state index in [9.17, 15) is 18.0 Å². The van der Waals surface area contributed by atoms with Crippen LogP contribution >= 0.6 is 0 Å². The van der Waals surface area contributed by atoms with Crippen LogP contribution in [0.15, 0.2) is 48.5 Å². The van der Waals surface area contributed by atoms with Crippen LogP contribution in [0.2, 0.25) is 0 Å². The lowest BCUT2D eigenvalue weighted by Crippen LogP contribution is -2.33. The first-order valence-electron chi connectivity index (χ1n) is 9.63. The molecule has 8 heteroatoms. The summed E-state index contributed by atoms with van der Waals surface area (Å²) in [5.41, 5.74) is 7.48. The van der Waals surface area contributed by atoms with Crippen molar-refractivity contribution in [3.8, 4) is 11.3 Å². The van der Waals surface area contributed by atoms with Crippen LogP contribution in [0, 0.1) is 24.4 Å². The SMILES string of the molecule is Cc1cc(F)ccc1-c1nc(N(C(N)=O)c2c(F)cccc2F)ccc1CCN(C)C. The number of rotatable bonds is 6. The van der Waals surface area contributed by atoms with Crippen molar-refractivity contribution in [2.24, 2.45) is 5.73 Å². The Hall–Kier alpha value is -3.39. The minimum absolute atomic E-state index is 0.0381. The molecule has 0 bridgehead atoms. The number of urea groups is 1. The summed E-state index contributed by atoms with van der Waals surface area (Å²) in [5.74, 6) is -2.32. The van der Waals surface area contributed by atoms with Gasteiger partial charge >= 0.3 is 6.03 Å². The average molecular weight is 428 g/mol. The first-order valence-corrected chi connectivity index (χ1v) is 9.63. The second kappa shape index (κ2) is 9.18. The summed E-state index contributed by atoms with van der Waals surface area (Å²) in [6.45, 7) is 2.46. The number of aryl methyl sites for hydroxylation is 1. The molecule has 0 aliphatic carbocycles. The first kappa shape index (κ1) is 22.3. The van der Waals surface area contributed by atoms with Gasteiger partial charge in [-0.15, -0.1) is 0 Å². The molecule has 162 valence electrons. The number of pyridine rings is 1. The van der Waals surface area contributed by atoms with Gasteiger partial charge in [-0.3, -0.25) is 0 Å². The lowest BCUT2D eigenvalue weighted by atomic mass is 9.99. The Balaban J connectivity index is 2.20. The zero-order chi connectivity index (χ0) is 22.7. The number of hydrogen-bond donors (Lipinski definition) is 1. The molecule has 3 aromatic rings. The van der Waals surface area contributed by atoms with Crippen LogP contribution in [-0.2, 0) is 6.42 Å². The molecule has 0 saturated carbocycles. The Bertz CT molecular complexity index is 1100. The van der Waals surface area contributed by atoms with E-state index in [2.05, 4.69) is 4.98 Å². The molecule has 3 rings (SSSR count). The molecule has 2 amide bonds. The maximum Gasteiger partial charge on any atom is 0.325 e. The molecule has 0 atom stereocenters. The molecule has 5 nitrogen and oxygen atoms in total. The van der Waals surface area contributed by atoms with E-state index in [4.69, 9.17) is 5.73 Å². The van der Waals surface area contributed by atoms with Crippen molar-refractivity contribution in [3.05, 3.63) is 77.1 Å². The van der Waals surface area contributed by atoms with Crippen molar-refractivity contribution in [1.82, 2.24) is 9.88 Å². The fourth-order valence-electron chi connectivity index (χ4n) is 3.31. The van der Waals surface area contributed by atoms with Gasteiger partial charge in [0.1, 0.15) is 29.0 Å². The number of aromatic nitrogens is 1. The summed E-state index contributed by atoms with van der Waals surface area (Å²) in [6.07, 6.45) is 0.622. The van der Waals surface area contributed by atoms with Gasteiger partial charge in [0.05, 0.1) is 5.69 Å². The van der Waals surface area contributed by atoms with Crippen molar-refractivity contribution in [1.29, 1.82) is 0 Å². The molecule has 0 unspecified atom stereocenters. The summed E-state index contributed by atoms with van der Waals surface area (Å²) in [6, 6.07) is 9.68. The number of para-hydroxylation sites is 1. The van der Waals surface area contributed by atoms with Crippen molar-refractivity contribution in [3.63, 3.8) is 0 Å². The van der Waals surface area contributed by atoms with Gasteiger partial charge in [0.15, 0.2) is 0 Å². The van der Waals surface area contributed by atoms with Crippen molar-refractivity contribution in [2.75, 3.05) is 25.5 Å². The first-order chi connectivity index (χ1) is 14.7. The molecule has 0 spiro atoms. The predicted octanol–water partition coefficient (Wildman–Crippen LogP) is 4.80. The van der Waals surface area contributed by atoms with Crippen LogP contribution in [-0.4, -0.2) is 36.6 Å². The van der Waals surface area contributed by atoms with E-state index in [1.807, 2.05) is 19.0 Å². The highest BCUT2D eigenvalue weighted by atomic mass is 19.1. The van der Waals surface area contributed by atoms with Gasteiger partial charge in [0.2, 0.25) is 0 Å². The summed E-state index contributed by atoms with van der Waals surface area (Å²) in [4.78, 5) is 19.4. The molecule has 0 aliphatic rings. The molecule has 0 saturated heterocycles. The molecule has 1 aromatic heterocycles. The second-order valence-electron chi connectivity index (χ2n) is 7.43. The Kier molecular flexibility index (Phi) is 6.60. The van der Waals surface area contributed by atoms with Crippen molar-refractivity contribution in [2.45, 2.75) is 13.3 Å². The smallest absolute Gasteiger partial charge is 0.325 e. The third kappa shape index (κ3) is 4.86. The van der Waals surface area contributed by atoms with Crippen LogP contribution in [0.1, 0.15) is 11.1 Å². The number of nitrogens with two attached hydrogens (primary N) is 1. The Labute approximate surface area is 178 Å². The Morgan fingerprint density at radius 2 is 1.71 bits per heavy atom. The highest BCUT2D eigenvalue weighted by Crippen LogP contribution is 2.33. The molecule has 0 aliphatic heterocycles. The molecular formula is C23H23F3N4O. The zero-order valence-electron chi connectivity index (χ0n) is 17.5. The van der Waals surface area contributed by atoms with E-state index in [0.717, 1.165) is 24.2 Å². The minimum Gasteiger partial charge on any atom is -0.351 e. The number of nitrogens with zero attached hydrogens (tertiary/aromatic N) is 3. The highest BCUT2D eigenvalue weighted by molar-refractivity contribution is 5.98. The van der Waals surface area contributed by atoms with Gasteiger partial charge in [0, 0.05) is 12.1 Å². The molecule has 2 aromatic carbocycles. The highest BCUT2D eigenvalue weighted by Gasteiger charge is 2.25. The third-order valence-electron chi connectivity index (χ3n) is 4.85. The maximum absolute atomic E-state index is 14.4. The van der Waals surface area contributed by atoms with Gasteiger partial charge in [-0.2, -0.15) is 0 Å². The summed E-state index contributed by atoms with van der Waals surface area (Å²) >= 11 is 0. The van der Waals surface area contributed by atoms with Gasteiger partial charge < -0.3 is 10.6 Å². The molecule has 31 heavy (non-hydrogen) atoms. The predicted molar refractivity (Wildman–Crippen MR) is 115 cm³/mol. The quantitative estimate of drug-likeness (QED) is 0.614. The van der Waals surface area contributed by atoms with Crippen molar-refractivity contribution < 1.29 is 18.0 Å². The van der Waals surface area contributed by atoms with Crippen LogP contribution in [0.25, 0.3) is 11.3 Å². The van der Waals surface area contributed by atoms with Gasteiger partial charge in [-0.05, 0) is 75.0 Å². The average Bonchev–Trinajstić information content (AvgIpc) is 2.69. The molecule has 2 N–H and O–H groups in total. The summed E-state index contributed by atoms with van der Waals surface area (Å²) < 4.78 is 42.5. The Morgan fingerprint density at radius 1 is 1.03 bits per heavy atom. The fraction of sp³-hybridized carbons (Fsp3) is 0.217. The van der Waals surface area contributed by atoms with Crippen LogP contribution in [0.3, 0.4) is 0 Å². The number of amides is 2. The van der Waals surface area contributed by atoms with Crippen LogP contribution in [0.5, 0.6) is 0 Å². The fourth-order valence-corrected chi connectivity index (χ4v) is 3.31. The van der Waals surface area contributed by atoms with E-state index in [-0.39, 0.29) is 11.6 Å². The lowest BCUT2D eigenvalue weighted by molar-refractivity contribution is 0.255. The van der Waals surface area contributed by atoms with E-state index in [0.29, 0.717) is 28.1 Å². The number of anilines is 2. The van der Waals surface area contributed by atoms with Gasteiger partial charge in [-0.1, -0.05) is 12.1 Å². The number of carbonyl (C=O) groups is 1.